The maximum absolute atomic E-state index is 12.5. The zero-order chi connectivity index (χ0) is 20.4. The average Bonchev–Trinajstić information content (AvgIpc) is 3.14. The normalized spacial score (nSPS) is 20.7. The molecule has 0 radical (unpaired) electrons. The molecule has 1 N–H and O–H groups in total. The molecule has 0 aliphatic carbocycles. The second kappa shape index (κ2) is 8.52. The highest BCUT2D eigenvalue weighted by atomic mass is 32.2. The minimum atomic E-state index is -0.473. The molecular weight excluding hydrogens is 410 g/mol. The average molecular weight is 430 g/mol. The highest BCUT2D eigenvalue weighted by Crippen LogP contribution is 2.30. The number of amides is 2. The van der Waals surface area contributed by atoms with Gasteiger partial charge in [-0.05, 0) is 41.8 Å². The third kappa shape index (κ3) is 4.29. The highest BCUT2D eigenvalue weighted by molar-refractivity contribution is 8.27. The van der Waals surface area contributed by atoms with Crippen molar-refractivity contribution >= 4 is 57.5 Å². The molecule has 2 amide bonds. The predicted octanol–water partition coefficient (Wildman–Crippen LogP) is 2.28. The van der Waals surface area contributed by atoms with Crippen LogP contribution in [-0.4, -0.2) is 70.3 Å². The van der Waals surface area contributed by atoms with Crippen molar-refractivity contribution in [2.75, 3.05) is 32.6 Å². The van der Waals surface area contributed by atoms with E-state index in [1.807, 2.05) is 30.5 Å². The van der Waals surface area contributed by atoms with E-state index in [9.17, 15) is 9.59 Å². The van der Waals surface area contributed by atoms with Gasteiger partial charge in [0.05, 0.1) is 25.2 Å². The Morgan fingerprint density at radius 2 is 2.03 bits per heavy atom. The molecule has 1 saturated heterocycles. The lowest BCUT2D eigenvalue weighted by Gasteiger charge is -2.26. The first-order valence-corrected chi connectivity index (χ1v) is 11.1. The zero-order valence-electron chi connectivity index (χ0n) is 15.8. The Labute approximate surface area is 176 Å². The van der Waals surface area contributed by atoms with Crippen molar-refractivity contribution in [1.82, 2.24) is 9.91 Å². The Morgan fingerprint density at radius 1 is 1.31 bits per heavy atom. The van der Waals surface area contributed by atoms with Crippen LogP contribution in [0.4, 0.5) is 0 Å². The molecule has 8 nitrogen and oxygen atoms in total. The van der Waals surface area contributed by atoms with Crippen molar-refractivity contribution in [2.24, 2.45) is 10.1 Å². The molecule has 1 aromatic carbocycles. The first-order chi connectivity index (χ1) is 14.0. The Balaban J connectivity index is 1.50. The molecule has 0 aromatic heterocycles. The number of carbonyl (C=O) groups excluding carboxylic acids is 2. The highest BCUT2D eigenvalue weighted by Gasteiger charge is 2.36. The molecule has 3 aliphatic rings. The van der Waals surface area contributed by atoms with E-state index in [0.29, 0.717) is 36.5 Å². The van der Waals surface area contributed by atoms with E-state index >= 15 is 0 Å². The maximum atomic E-state index is 12.5. The third-order valence-corrected chi connectivity index (χ3v) is 6.24. The number of amidine groups is 2. The van der Waals surface area contributed by atoms with Crippen LogP contribution >= 0.6 is 23.5 Å². The molecule has 0 unspecified atom stereocenters. The first-order valence-electron chi connectivity index (χ1n) is 9.04. The van der Waals surface area contributed by atoms with Crippen LogP contribution in [0.5, 0.6) is 0 Å². The van der Waals surface area contributed by atoms with Crippen LogP contribution in [0.15, 0.2) is 44.8 Å². The van der Waals surface area contributed by atoms with Gasteiger partial charge in [-0.25, -0.2) is 0 Å². The number of rotatable bonds is 4. The summed E-state index contributed by atoms with van der Waals surface area (Å²) in [5.41, 5.74) is 0.990. The molecule has 0 bridgehead atoms. The number of morpholine rings is 1. The van der Waals surface area contributed by atoms with Gasteiger partial charge in [0.15, 0.2) is 5.84 Å². The molecule has 3 heterocycles. The number of nitrogens with one attached hydrogen (secondary N) is 1. The second-order valence-electron chi connectivity index (χ2n) is 6.46. The summed E-state index contributed by atoms with van der Waals surface area (Å²) < 4.78 is 5.27. The van der Waals surface area contributed by atoms with Gasteiger partial charge in [0.25, 0.3) is 5.91 Å². The summed E-state index contributed by atoms with van der Waals surface area (Å²) in [6, 6.07) is 7.71. The lowest BCUT2D eigenvalue weighted by molar-refractivity contribution is -0.133. The van der Waals surface area contributed by atoms with Crippen molar-refractivity contribution in [1.29, 1.82) is 5.41 Å². The van der Waals surface area contributed by atoms with Gasteiger partial charge < -0.3 is 9.64 Å². The van der Waals surface area contributed by atoms with E-state index in [4.69, 9.17) is 10.1 Å². The first kappa shape index (κ1) is 19.9. The summed E-state index contributed by atoms with van der Waals surface area (Å²) in [6.07, 6.45) is 3.76. The van der Waals surface area contributed by atoms with E-state index in [1.54, 1.807) is 22.7 Å². The number of nitrogens with zero attached hydrogens (tertiary/aromatic N) is 4. The van der Waals surface area contributed by atoms with E-state index in [1.165, 1.54) is 5.01 Å². The standard InChI is InChI=1S/C19H19N5O3S2/c1-28-13-4-2-12(3-5-13)10-14-17(20)24-19(21-18(14)26)29-15(22-24)11-16(25)23-6-8-27-9-7-23/h2-5,10,20H,6-9,11H2,1H3. The van der Waals surface area contributed by atoms with E-state index in [-0.39, 0.29) is 23.7 Å². The van der Waals surface area contributed by atoms with Crippen molar-refractivity contribution in [3.8, 4) is 0 Å². The van der Waals surface area contributed by atoms with Crippen LogP contribution in [-0.2, 0) is 14.3 Å². The molecule has 0 spiro atoms. The van der Waals surface area contributed by atoms with Crippen molar-refractivity contribution in [3.05, 3.63) is 35.4 Å². The van der Waals surface area contributed by atoms with E-state index in [2.05, 4.69) is 10.1 Å². The second-order valence-corrected chi connectivity index (χ2v) is 8.38. The fourth-order valence-electron chi connectivity index (χ4n) is 3.02. The molecule has 4 rings (SSSR count). The molecule has 1 fully saturated rings. The van der Waals surface area contributed by atoms with Crippen LogP contribution in [0, 0.1) is 5.41 Å². The molecule has 29 heavy (non-hydrogen) atoms. The molecule has 1 aromatic rings. The number of hydrogen-bond acceptors (Lipinski definition) is 7. The van der Waals surface area contributed by atoms with Crippen LogP contribution in [0.2, 0.25) is 0 Å². The van der Waals surface area contributed by atoms with Crippen LogP contribution in [0.3, 0.4) is 0 Å². The van der Waals surface area contributed by atoms with E-state index < -0.39 is 5.91 Å². The van der Waals surface area contributed by atoms with Crippen molar-refractivity contribution in [3.63, 3.8) is 0 Å². The van der Waals surface area contributed by atoms with Crippen LogP contribution in [0.1, 0.15) is 12.0 Å². The lowest BCUT2D eigenvalue weighted by atomic mass is 10.1. The van der Waals surface area contributed by atoms with Gasteiger partial charge in [-0.3, -0.25) is 15.0 Å². The largest absolute Gasteiger partial charge is 0.378 e. The predicted molar refractivity (Wildman–Crippen MR) is 115 cm³/mol. The molecular formula is C19H19N5O3S2. The van der Waals surface area contributed by atoms with Gasteiger partial charge in [0, 0.05) is 18.0 Å². The molecule has 0 atom stereocenters. The number of carbonyl (C=O) groups is 2. The minimum absolute atomic E-state index is 0.0322. The van der Waals surface area contributed by atoms with Gasteiger partial charge in [-0.2, -0.15) is 15.1 Å². The van der Waals surface area contributed by atoms with Gasteiger partial charge in [-0.1, -0.05) is 12.1 Å². The van der Waals surface area contributed by atoms with Crippen molar-refractivity contribution in [2.45, 2.75) is 11.3 Å². The third-order valence-electron chi connectivity index (χ3n) is 4.59. The quantitative estimate of drug-likeness (QED) is 0.582. The summed E-state index contributed by atoms with van der Waals surface area (Å²) in [5.74, 6) is -0.545. The molecule has 10 heteroatoms. The number of benzene rings is 1. The summed E-state index contributed by atoms with van der Waals surface area (Å²) >= 11 is 2.80. The Hall–Kier alpha value is -2.43. The van der Waals surface area contributed by atoms with Gasteiger partial charge in [0.2, 0.25) is 11.1 Å². The Bertz CT molecular complexity index is 949. The maximum Gasteiger partial charge on any atom is 0.283 e. The monoisotopic (exact) mass is 429 g/mol. The SMILES string of the molecule is CSc1ccc(C=C2C(=N)N3N=C(CC(=O)N4CCOCC4)SC3=NC2=O)cc1. The summed E-state index contributed by atoms with van der Waals surface area (Å²) in [6.45, 7) is 2.21. The lowest BCUT2D eigenvalue weighted by Crippen LogP contribution is -2.41. The van der Waals surface area contributed by atoms with Gasteiger partial charge in [0.1, 0.15) is 5.04 Å². The summed E-state index contributed by atoms with van der Waals surface area (Å²) in [5, 5.41) is 15.0. The summed E-state index contributed by atoms with van der Waals surface area (Å²) in [7, 11) is 0. The minimum Gasteiger partial charge on any atom is -0.378 e. The number of hydrogen-bond donors (Lipinski definition) is 1. The van der Waals surface area contributed by atoms with Gasteiger partial charge >= 0.3 is 0 Å². The smallest absolute Gasteiger partial charge is 0.283 e. The number of hydrazone groups is 1. The Morgan fingerprint density at radius 3 is 2.72 bits per heavy atom. The number of fused-ring (bicyclic) bond motifs is 1. The fraction of sp³-hybridized carbons (Fsp3) is 0.316. The fourth-order valence-corrected chi connectivity index (χ4v) is 4.31. The molecule has 0 saturated carbocycles. The Kier molecular flexibility index (Phi) is 5.84. The van der Waals surface area contributed by atoms with Crippen LogP contribution in [0.25, 0.3) is 6.08 Å². The number of thioether (sulfide) groups is 2. The number of aliphatic imine (C=N–C) groups is 1. The van der Waals surface area contributed by atoms with Gasteiger partial charge in [-0.15, -0.1) is 11.8 Å². The molecule has 3 aliphatic heterocycles. The van der Waals surface area contributed by atoms with E-state index in [0.717, 1.165) is 22.2 Å². The van der Waals surface area contributed by atoms with Crippen molar-refractivity contribution < 1.29 is 14.3 Å². The van der Waals surface area contributed by atoms with Crippen LogP contribution < -0.4 is 0 Å². The zero-order valence-corrected chi connectivity index (χ0v) is 17.4. The number of ether oxygens (including phenoxy) is 1. The topological polar surface area (TPSA) is 98.4 Å². The molecule has 150 valence electrons. The summed E-state index contributed by atoms with van der Waals surface area (Å²) in [4.78, 5) is 31.8.